The van der Waals surface area contributed by atoms with Gasteiger partial charge in [-0.3, -0.25) is 0 Å². The Hall–Kier alpha value is -2.03. The van der Waals surface area contributed by atoms with Crippen LogP contribution in [0.4, 0.5) is 8.78 Å². The molecule has 1 atom stereocenters. The summed E-state index contributed by atoms with van der Waals surface area (Å²) in [4.78, 5) is 0. The van der Waals surface area contributed by atoms with E-state index in [-0.39, 0.29) is 13.1 Å². The van der Waals surface area contributed by atoms with Crippen LogP contribution in [0.25, 0.3) is 21.8 Å². The third-order valence-electron chi connectivity index (χ3n) is 4.75. The largest absolute Gasteiger partial charge is 0.387 e. The van der Waals surface area contributed by atoms with Gasteiger partial charge in [-0.25, -0.2) is 17.2 Å². The summed E-state index contributed by atoms with van der Waals surface area (Å²) in [6.45, 7) is 3.72. The van der Waals surface area contributed by atoms with Gasteiger partial charge >= 0.3 is 0 Å². The van der Waals surface area contributed by atoms with Crippen LogP contribution in [0.3, 0.4) is 0 Å². The highest BCUT2D eigenvalue weighted by molar-refractivity contribution is 7.88. The quantitative estimate of drug-likeness (QED) is 0.649. The molecule has 1 unspecified atom stereocenters. The Labute approximate surface area is 163 Å². The van der Waals surface area contributed by atoms with Gasteiger partial charge < -0.3 is 9.67 Å². The van der Waals surface area contributed by atoms with Crippen molar-refractivity contribution in [3.05, 3.63) is 48.0 Å². The van der Waals surface area contributed by atoms with Crippen LogP contribution in [-0.4, -0.2) is 47.3 Å². The monoisotopic (exact) mass is 410 g/mol. The molecule has 0 saturated carbocycles. The van der Waals surface area contributed by atoms with Crippen molar-refractivity contribution in [1.82, 2.24) is 8.87 Å². The van der Waals surface area contributed by atoms with Crippen molar-refractivity contribution in [1.29, 1.82) is 0 Å². The van der Waals surface area contributed by atoms with E-state index >= 15 is 0 Å². The van der Waals surface area contributed by atoms with E-state index in [1.807, 2.05) is 6.92 Å². The van der Waals surface area contributed by atoms with Crippen LogP contribution < -0.4 is 0 Å². The van der Waals surface area contributed by atoms with E-state index in [0.29, 0.717) is 34.8 Å². The van der Waals surface area contributed by atoms with Crippen molar-refractivity contribution >= 4 is 31.8 Å². The van der Waals surface area contributed by atoms with Gasteiger partial charge in [0.15, 0.2) is 0 Å². The molecule has 5 nitrogen and oxygen atoms in total. The van der Waals surface area contributed by atoms with Crippen LogP contribution in [-0.2, 0) is 16.6 Å². The first kappa shape index (κ1) is 20.7. The van der Waals surface area contributed by atoms with E-state index in [1.165, 1.54) is 28.6 Å². The number of halogens is 2. The first-order chi connectivity index (χ1) is 13.0. The second-order valence-electron chi connectivity index (χ2n) is 7.50. The van der Waals surface area contributed by atoms with Gasteiger partial charge in [-0.15, -0.1) is 0 Å². The molecular weight excluding hydrogens is 386 g/mol. The molecule has 152 valence electrons. The van der Waals surface area contributed by atoms with Gasteiger partial charge in [-0.1, -0.05) is 6.92 Å². The van der Waals surface area contributed by atoms with Gasteiger partial charge in [-0.05, 0) is 49.7 Å². The predicted octanol–water partition coefficient (Wildman–Crippen LogP) is 3.50. The molecule has 8 heteroatoms. The van der Waals surface area contributed by atoms with Crippen molar-refractivity contribution in [2.24, 2.45) is 0 Å². The molecule has 28 heavy (non-hydrogen) atoms. The van der Waals surface area contributed by atoms with Crippen molar-refractivity contribution < 1.29 is 22.3 Å². The van der Waals surface area contributed by atoms with Gasteiger partial charge in [0.2, 0.25) is 10.0 Å². The standard InChI is InChI=1S/C20H24F2N2O3S/c1-4-9-23(28(3,26)27)12-20(2,25)13-24-18-7-5-14(21)10-16(18)17-11-15(22)6-8-19(17)24/h5-8,10-11,25H,4,9,12-13H2,1-3H3. The van der Waals surface area contributed by atoms with Crippen molar-refractivity contribution in [2.45, 2.75) is 32.4 Å². The van der Waals surface area contributed by atoms with E-state index < -0.39 is 27.3 Å². The highest BCUT2D eigenvalue weighted by Crippen LogP contribution is 2.31. The van der Waals surface area contributed by atoms with Crippen molar-refractivity contribution in [3.63, 3.8) is 0 Å². The first-order valence-electron chi connectivity index (χ1n) is 9.06. The fraction of sp³-hybridized carbons (Fsp3) is 0.400. The Kier molecular flexibility index (Phi) is 5.49. The summed E-state index contributed by atoms with van der Waals surface area (Å²) in [5.41, 5.74) is -0.104. The van der Waals surface area contributed by atoms with Gasteiger partial charge in [-0.2, -0.15) is 4.31 Å². The molecule has 0 aliphatic rings. The lowest BCUT2D eigenvalue weighted by atomic mass is 10.1. The van der Waals surface area contributed by atoms with E-state index in [9.17, 15) is 22.3 Å². The zero-order valence-electron chi connectivity index (χ0n) is 16.1. The van der Waals surface area contributed by atoms with E-state index in [1.54, 1.807) is 23.6 Å². The average molecular weight is 410 g/mol. The summed E-state index contributed by atoms with van der Waals surface area (Å²) in [7, 11) is -3.47. The minimum atomic E-state index is -3.47. The summed E-state index contributed by atoms with van der Waals surface area (Å²) in [5.74, 6) is -0.873. The molecule has 1 aromatic heterocycles. The molecule has 0 fully saturated rings. The Morgan fingerprint density at radius 3 is 2.00 bits per heavy atom. The molecular formula is C20H24F2N2O3S. The normalized spacial score (nSPS) is 14.8. The zero-order chi connectivity index (χ0) is 20.7. The lowest BCUT2D eigenvalue weighted by Gasteiger charge is -2.31. The maximum Gasteiger partial charge on any atom is 0.211 e. The fourth-order valence-corrected chi connectivity index (χ4v) is 4.63. The van der Waals surface area contributed by atoms with Gasteiger partial charge in [0, 0.05) is 34.9 Å². The van der Waals surface area contributed by atoms with E-state index in [0.717, 1.165) is 6.26 Å². The maximum absolute atomic E-state index is 13.8. The SMILES string of the molecule is CCCN(CC(C)(O)Cn1c2ccc(F)cc2c2cc(F)ccc21)S(C)(=O)=O. The van der Waals surface area contributed by atoms with Crippen LogP contribution in [0.2, 0.25) is 0 Å². The zero-order valence-corrected chi connectivity index (χ0v) is 16.9. The second-order valence-corrected chi connectivity index (χ2v) is 9.49. The number of sulfonamides is 1. The van der Waals surface area contributed by atoms with Crippen LogP contribution in [0.1, 0.15) is 20.3 Å². The molecule has 1 N–H and O–H groups in total. The highest BCUT2D eigenvalue weighted by atomic mass is 32.2. The van der Waals surface area contributed by atoms with Crippen LogP contribution >= 0.6 is 0 Å². The molecule has 0 amide bonds. The summed E-state index contributed by atoms with van der Waals surface area (Å²) in [5, 5.41) is 12.1. The van der Waals surface area contributed by atoms with Crippen molar-refractivity contribution in [2.75, 3.05) is 19.3 Å². The number of hydrogen-bond donors (Lipinski definition) is 1. The van der Waals surface area contributed by atoms with E-state index in [2.05, 4.69) is 0 Å². The first-order valence-corrected chi connectivity index (χ1v) is 10.9. The minimum Gasteiger partial charge on any atom is -0.387 e. The molecule has 0 bridgehead atoms. The predicted molar refractivity (Wildman–Crippen MR) is 107 cm³/mol. The third-order valence-corrected chi connectivity index (χ3v) is 6.00. The number of nitrogens with zero attached hydrogens (tertiary/aromatic N) is 2. The number of aliphatic hydroxyl groups is 1. The maximum atomic E-state index is 13.8. The molecule has 3 aromatic rings. The van der Waals surface area contributed by atoms with Gasteiger partial charge in [0.1, 0.15) is 11.6 Å². The molecule has 0 aliphatic carbocycles. The summed E-state index contributed by atoms with van der Waals surface area (Å²) >= 11 is 0. The number of aromatic nitrogens is 1. The summed E-state index contributed by atoms with van der Waals surface area (Å²) in [6, 6.07) is 8.45. The number of hydrogen-bond acceptors (Lipinski definition) is 3. The Morgan fingerprint density at radius 1 is 1.07 bits per heavy atom. The molecule has 2 aromatic carbocycles. The fourth-order valence-electron chi connectivity index (χ4n) is 3.60. The number of benzene rings is 2. The number of fused-ring (bicyclic) bond motifs is 3. The number of rotatable bonds is 7. The molecule has 0 saturated heterocycles. The Balaban J connectivity index is 2.07. The third kappa shape index (κ3) is 4.19. The molecule has 0 aliphatic heterocycles. The topological polar surface area (TPSA) is 62.5 Å². The summed E-state index contributed by atoms with van der Waals surface area (Å²) < 4.78 is 54.6. The summed E-state index contributed by atoms with van der Waals surface area (Å²) in [6.07, 6.45) is 1.74. The van der Waals surface area contributed by atoms with Crippen molar-refractivity contribution in [3.8, 4) is 0 Å². The molecule has 0 radical (unpaired) electrons. The van der Waals surface area contributed by atoms with Crippen LogP contribution in [0.5, 0.6) is 0 Å². The Morgan fingerprint density at radius 2 is 1.57 bits per heavy atom. The van der Waals surface area contributed by atoms with Gasteiger partial charge in [0.05, 0.1) is 18.4 Å². The highest BCUT2D eigenvalue weighted by Gasteiger charge is 2.30. The lowest BCUT2D eigenvalue weighted by Crippen LogP contribution is -2.46. The Bertz CT molecular complexity index is 1060. The second kappa shape index (κ2) is 7.42. The average Bonchev–Trinajstić information content (AvgIpc) is 2.86. The van der Waals surface area contributed by atoms with Crippen LogP contribution in [0, 0.1) is 11.6 Å². The minimum absolute atomic E-state index is 0.0694. The lowest BCUT2D eigenvalue weighted by molar-refractivity contribution is 0.0262. The molecule has 0 spiro atoms. The molecule has 3 rings (SSSR count). The smallest absolute Gasteiger partial charge is 0.211 e. The molecule has 1 heterocycles. The van der Waals surface area contributed by atoms with E-state index in [4.69, 9.17) is 0 Å². The van der Waals surface area contributed by atoms with Gasteiger partial charge in [0.25, 0.3) is 0 Å². The van der Waals surface area contributed by atoms with Crippen LogP contribution in [0.15, 0.2) is 36.4 Å².